The largest absolute Gasteiger partial charge is 0.346 e. The molecule has 57 heavy (non-hydrogen) atoms. The van der Waals surface area contributed by atoms with Crippen LogP contribution < -0.4 is 22.1 Å². The summed E-state index contributed by atoms with van der Waals surface area (Å²) in [6.07, 6.45) is 46.0. The van der Waals surface area contributed by atoms with E-state index in [1.54, 1.807) is 0 Å². The van der Waals surface area contributed by atoms with Crippen LogP contribution in [0.2, 0.25) is 0 Å². The molecular weight excluding hydrogens is 705 g/mol. The number of hydrogen-bond acceptors (Lipinski definition) is 6. The Balaban J connectivity index is 4.46. The Morgan fingerprint density at radius 1 is 0.404 bits per heavy atom. The average molecular weight is 807 g/mol. The number of rotatable bonds is 48. The summed E-state index contributed by atoms with van der Waals surface area (Å²) >= 11 is 0. The molecule has 0 saturated carbocycles. The SMILES string of the molecule is CCCCCCCCCCCCCCCCCCN(CCCCCCCCCCCCCCCCCC)C(=O)CNC(=O)CN(CCCN)CCCNCCCN. The minimum atomic E-state index is -0.0683. The highest BCUT2D eigenvalue weighted by Crippen LogP contribution is 2.16. The molecule has 0 aliphatic heterocycles. The molecule has 0 aromatic carbocycles. The van der Waals surface area contributed by atoms with E-state index in [2.05, 4.69) is 29.4 Å². The molecule has 0 radical (unpaired) electrons. The van der Waals surface area contributed by atoms with Crippen molar-refractivity contribution in [1.29, 1.82) is 0 Å². The zero-order valence-corrected chi connectivity index (χ0v) is 38.7. The van der Waals surface area contributed by atoms with Crippen LogP contribution in [-0.2, 0) is 9.59 Å². The molecule has 0 aliphatic rings. The lowest BCUT2D eigenvalue weighted by molar-refractivity contribution is -0.133. The smallest absolute Gasteiger partial charge is 0.241 e. The summed E-state index contributed by atoms with van der Waals surface area (Å²) in [6, 6.07) is 0. The van der Waals surface area contributed by atoms with Gasteiger partial charge < -0.3 is 27.0 Å². The van der Waals surface area contributed by atoms with Crippen molar-refractivity contribution < 1.29 is 9.59 Å². The fourth-order valence-corrected chi connectivity index (χ4v) is 7.97. The Hall–Kier alpha value is -1.22. The number of nitrogens with zero attached hydrogens (tertiary/aromatic N) is 2. The average Bonchev–Trinajstić information content (AvgIpc) is 3.21. The van der Waals surface area contributed by atoms with Crippen molar-refractivity contribution in [3.63, 3.8) is 0 Å². The van der Waals surface area contributed by atoms with E-state index >= 15 is 0 Å². The third kappa shape index (κ3) is 42.7. The van der Waals surface area contributed by atoms with Crippen LogP contribution in [0.5, 0.6) is 0 Å². The predicted octanol–water partition coefficient (Wildman–Crippen LogP) is 11.4. The van der Waals surface area contributed by atoms with Gasteiger partial charge in [-0.15, -0.1) is 0 Å². The Morgan fingerprint density at radius 2 is 0.737 bits per heavy atom. The van der Waals surface area contributed by atoms with Crippen LogP contribution in [0.3, 0.4) is 0 Å². The monoisotopic (exact) mass is 807 g/mol. The molecule has 0 heterocycles. The van der Waals surface area contributed by atoms with Gasteiger partial charge in [0.15, 0.2) is 0 Å². The molecule has 0 saturated heterocycles. The Labute approximate surface area is 356 Å². The van der Waals surface area contributed by atoms with E-state index in [1.807, 2.05) is 4.90 Å². The fraction of sp³-hybridized carbons (Fsp3) is 0.959. The summed E-state index contributed by atoms with van der Waals surface area (Å²) in [5.74, 6) is 0.00381. The second-order valence-corrected chi connectivity index (χ2v) is 17.4. The summed E-state index contributed by atoms with van der Waals surface area (Å²) in [4.78, 5) is 30.6. The Kier molecular flexibility index (Phi) is 46.4. The number of unbranched alkanes of at least 4 members (excludes halogenated alkanes) is 30. The van der Waals surface area contributed by atoms with E-state index in [0.717, 1.165) is 71.4 Å². The van der Waals surface area contributed by atoms with E-state index in [-0.39, 0.29) is 18.4 Å². The van der Waals surface area contributed by atoms with Gasteiger partial charge in [0, 0.05) is 13.1 Å². The van der Waals surface area contributed by atoms with Crippen molar-refractivity contribution in [2.24, 2.45) is 11.5 Å². The standard InChI is InChI=1S/C49H102N6O2/c1-3-5-7-9-11-13-15-17-19-21-23-25-27-29-31-33-44-55(45-34-32-30-28-26-24-22-20-18-16-14-12-10-8-6-4-2)49(57)46-53-48(56)47-54(42-36-39-51)43-37-41-52-40-35-38-50/h52H,3-47,50-51H2,1-2H3,(H,53,56). The molecular formula is C49H102N6O2. The van der Waals surface area contributed by atoms with Gasteiger partial charge in [0.2, 0.25) is 11.8 Å². The molecule has 340 valence electrons. The van der Waals surface area contributed by atoms with Crippen LogP contribution in [0.25, 0.3) is 0 Å². The third-order valence-corrected chi connectivity index (χ3v) is 11.8. The zero-order chi connectivity index (χ0) is 41.5. The number of nitrogens with two attached hydrogens (primary N) is 2. The number of carbonyl (C=O) groups excluding carboxylic acids is 2. The number of nitrogens with one attached hydrogen (secondary N) is 2. The maximum absolute atomic E-state index is 13.4. The topological polar surface area (TPSA) is 117 Å². The first-order chi connectivity index (χ1) is 28.1. The van der Waals surface area contributed by atoms with Gasteiger partial charge in [0.1, 0.15) is 0 Å². The number of amides is 2. The maximum atomic E-state index is 13.4. The molecule has 0 bridgehead atoms. The van der Waals surface area contributed by atoms with Crippen molar-refractivity contribution in [1.82, 2.24) is 20.4 Å². The van der Waals surface area contributed by atoms with Gasteiger partial charge in [-0.25, -0.2) is 0 Å². The molecule has 0 rings (SSSR count). The first kappa shape index (κ1) is 55.8. The molecule has 0 aromatic rings. The van der Waals surface area contributed by atoms with E-state index in [1.165, 1.54) is 193 Å². The van der Waals surface area contributed by atoms with E-state index in [4.69, 9.17) is 11.5 Å². The lowest BCUT2D eigenvalue weighted by Gasteiger charge is -2.24. The molecule has 0 aliphatic carbocycles. The Morgan fingerprint density at radius 3 is 1.11 bits per heavy atom. The molecule has 8 nitrogen and oxygen atoms in total. The second-order valence-electron chi connectivity index (χ2n) is 17.4. The summed E-state index contributed by atoms with van der Waals surface area (Å²) in [6.45, 7) is 11.4. The van der Waals surface area contributed by atoms with Gasteiger partial charge in [-0.05, 0) is 71.4 Å². The summed E-state index contributed by atoms with van der Waals surface area (Å²) < 4.78 is 0. The Bertz CT molecular complexity index is 779. The summed E-state index contributed by atoms with van der Waals surface area (Å²) in [7, 11) is 0. The van der Waals surface area contributed by atoms with Gasteiger partial charge >= 0.3 is 0 Å². The van der Waals surface area contributed by atoms with Crippen LogP contribution in [0.4, 0.5) is 0 Å². The normalized spacial score (nSPS) is 11.5. The van der Waals surface area contributed by atoms with E-state index in [9.17, 15) is 9.59 Å². The van der Waals surface area contributed by atoms with Gasteiger partial charge in [-0.2, -0.15) is 0 Å². The van der Waals surface area contributed by atoms with E-state index < -0.39 is 0 Å². The van der Waals surface area contributed by atoms with Crippen molar-refractivity contribution >= 4 is 11.8 Å². The minimum absolute atomic E-state index is 0.0683. The molecule has 0 aromatic heterocycles. The highest BCUT2D eigenvalue weighted by atomic mass is 16.2. The first-order valence-corrected chi connectivity index (χ1v) is 25.5. The molecule has 0 spiro atoms. The van der Waals surface area contributed by atoms with Gasteiger partial charge in [-0.1, -0.05) is 206 Å². The number of carbonyl (C=O) groups is 2. The van der Waals surface area contributed by atoms with Gasteiger partial charge in [-0.3, -0.25) is 14.5 Å². The third-order valence-electron chi connectivity index (χ3n) is 11.8. The van der Waals surface area contributed by atoms with Crippen LogP contribution in [0, 0.1) is 0 Å². The van der Waals surface area contributed by atoms with Gasteiger partial charge in [0.05, 0.1) is 13.1 Å². The van der Waals surface area contributed by atoms with Crippen molar-refractivity contribution in [3.8, 4) is 0 Å². The summed E-state index contributed by atoms with van der Waals surface area (Å²) in [5, 5.41) is 6.39. The van der Waals surface area contributed by atoms with Crippen LogP contribution >= 0.6 is 0 Å². The lowest BCUT2D eigenvalue weighted by atomic mass is 10.0. The van der Waals surface area contributed by atoms with Crippen LogP contribution in [0.1, 0.15) is 239 Å². The highest BCUT2D eigenvalue weighted by molar-refractivity contribution is 5.85. The molecule has 8 heteroatoms. The molecule has 2 amide bonds. The molecule has 0 unspecified atom stereocenters. The number of hydrogen-bond donors (Lipinski definition) is 4. The zero-order valence-electron chi connectivity index (χ0n) is 38.7. The second kappa shape index (κ2) is 47.5. The molecule has 0 fully saturated rings. The fourth-order valence-electron chi connectivity index (χ4n) is 7.97. The molecule has 6 N–H and O–H groups in total. The van der Waals surface area contributed by atoms with E-state index in [0.29, 0.717) is 19.6 Å². The summed E-state index contributed by atoms with van der Waals surface area (Å²) in [5.41, 5.74) is 11.4. The highest BCUT2D eigenvalue weighted by Gasteiger charge is 2.16. The predicted molar refractivity (Wildman–Crippen MR) is 250 cm³/mol. The van der Waals surface area contributed by atoms with Crippen molar-refractivity contribution in [2.75, 3.05) is 65.4 Å². The minimum Gasteiger partial charge on any atom is -0.346 e. The first-order valence-electron chi connectivity index (χ1n) is 25.5. The van der Waals surface area contributed by atoms with Crippen molar-refractivity contribution in [2.45, 2.75) is 239 Å². The van der Waals surface area contributed by atoms with Gasteiger partial charge in [0.25, 0.3) is 0 Å². The van der Waals surface area contributed by atoms with Crippen LogP contribution in [0.15, 0.2) is 0 Å². The lowest BCUT2D eigenvalue weighted by Crippen LogP contribution is -2.44. The van der Waals surface area contributed by atoms with Crippen molar-refractivity contribution in [3.05, 3.63) is 0 Å². The maximum Gasteiger partial charge on any atom is 0.241 e. The van der Waals surface area contributed by atoms with Crippen LogP contribution in [-0.4, -0.2) is 87.1 Å². The molecule has 0 atom stereocenters. The quantitative estimate of drug-likeness (QED) is 0.0455.